The molecule has 0 spiro atoms. The van der Waals surface area contributed by atoms with E-state index in [2.05, 4.69) is 5.32 Å². The second-order valence-electron chi connectivity index (χ2n) is 7.44. The molecule has 1 aliphatic carbocycles. The van der Waals surface area contributed by atoms with Gasteiger partial charge < -0.3 is 24.3 Å². The van der Waals surface area contributed by atoms with Crippen molar-refractivity contribution in [3.05, 3.63) is 46.3 Å². The van der Waals surface area contributed by atoms with Crippen molar-refractivity contribution in [3.8, 4) is 11.5 Å². The standard InChI is InChI=1S/C24H31NO6/c1-5-29-12-13-31-24(27)21-15(3)25-17-8-7-9-18(26)23(17)22(21)16-10-11-19(30-6-2)20(14-16)28-4/h10-11,14,22,25H,5-9,12-13H2,1-4H3/t22-/m0/s1. The van der Waals surface area contributed by atoms with E-state index in [9.17, 15) is 9.59 Å². The topological polar surface area (TPSA) is 83.1 Å². The molecule has 0 saturated carbocycles. The number of carbonyl (C=O) groups is 2. The number of benzene rings is 1. The molecular weight excluding hydrogens is 398 g/mol. The predicted octanol–water partition coefficient (Wildman–Crippen LogP) is 3.64. The first kappa shape index (κ1) is 22.9. The number of hydrogen-bond donors (Lipinski definition) is 1. The summed E-state index contributed by atoms with van der Waals surface area (Å²) in [4.78, 5) is 26.1. The lowest BCUT2D eigenvalue weighted by Crippen LogP contribution is -2.34. The van der Waals surface area contributed by atoms with Gasteiger partial charge in [-0.2, -0.15) is 0 Å². The van der Waals surface area contributed by atoms with Crippen molar-refractivity contribution in [1.82, 2.24) is 5.32 Å². The van der Waals surface area contributed by atoms with Gasteiger partial charge in [-0.25, -0.2) is 4.79 Å². The third kappa shape index (κ3) is 4.93. The van der Waals surface area contributed by atoms with Gasteiger partial charge in [0.05, 0.1) is 25.9 Å². The van der Waals surface area contributed by atoms with Crippen LogP contribution in [0.3, 0.4) is 0 Å². The van der Waals surface area contributed by atoms with E-state index in [1.54, 1.807) is 7.11 Å². The van der Waals surface area contributed by atoms with Crippen molar-refractivity contribution in [2.45, 2.75) is 46.0 Å². The number of dihydropyridines is 1. The van der Waals surface area contributed by atoms with E-state index in [0.717, 1.165) is 24.1 Å². The number of methoxy groups -OCH3 is 1. The van der Waals surface area contributed by atoms with E-state index in [0.29, 0.717) is 54.6 Å². The van der Waals surface area contributed by atoms with Crippen LogP contribution in [0.5, 0.6) is 11.5 Å². The number of hydrogen-bond acceptors (Lipinski definition) is 7. The molecule has 0 saturated heterocycles. The summed E-state index contributed by atoms with van der Waals surface area (Å²) in [5.74, 6) is 0.262. The van der Waals surface area contributed by atoms with Crippen LogP contribution in [0, 0.1) is 0 Å². The van der Waals surface area contributed by atoms with Crippen LogP contribution >= 0.6 is 0 Å². The maximum absolute atomic E-state index is 13.1. The molecule has 0 fully saturated rings. The van der Waals surface area contributed by atoms with Crippen LogP contribution < -0.4 is 14.8 Å². The Labute approximate surface area is 183 Å². The molecule has 0 aromatic heterocycles. The first-order valence-corrected chi connectivity index (χ1v) is 10.8. The minimum Gasteiger partial charge on any atom is -0.493 e. The molecule has 1 atom stereocenters. The van der Waals surface area contributed by atoms with Crippen molar-refractivity contribution in [1.29, 1.82) is 0 Å². The van der Waals surface area contributed by atoms with Crippen LogP contribution in [-0.4, -0.2) is 45.3 Å². The highest BCUT2D eigenvalue weighted by molar-refractivity contribution is 6.03. The second kappa shape index (κ2) is 10.5. The van der Waals surface area contributed by atoms with E-state index in [1.165, 1.54) is 0 Å². The van der Waals surface area contributed by atoms with Gasteiger partial charge in [0.15, 0.2) is 17.3 Å². The van der Waals surface area contributed by atoms with Crippen LogP contribution in [-0.2, 0) is 19.1 Å². The van der Waals surface area contributed by atoms with E-state index in [1.807, 2.05) is 39.0 Å². The summed E-state index contributed by atoms with van der Waals surface area (Å²) in [5.41, 5.74) is 3.46. The summed E-state index contributed by atoms with van der Waals surface area (Å²) in [6.07, 6.45) is 2.04. The van der Waals surface area contributed by atoms with Gasteiger partial charge in [0.2, 0.25) is 0 Å². The van der Waals surface area contributed by atoms with Gasteiger partial charge in [-0.15, -0.1) is 0 Å². The van der Waals surface area contributed by atoms with E-state index in [4.69, 9.17) is 18.9 Å². The van der Waals surface area contributed by atoms with E-state index >= 15 is 0 Å². The molecule has 31 heavy (non-hydrogen) atoms. The molecule has 0 unspecified atom stereocenters. The van der Waals surface area contributed by atoms with Gasteiger partial charge in [0, 0.05) is 35.9 Å². The second-order valence-corrected chi connectivity index (χ2v) is 7.44. The summed E-state index contributed by atoms with van der Waals surface area (Å²) in [6.45, 7) is 7.19. The van der Waals surface area contributed by atoms with Gasteiger partial charge in [0.1, 0.15) is 6.61 Å². The summed E-state index contributed by atoms with van der Waals surface area (Å²) >= 11 is 0. The van der Waals surface area contributed by atoms with Gasteiger partial charge in [-0.3, -0.25) is 4.79 Å². The van der Waals surface area contributed by atoms with Crippen LogP contribution in [0.25, 0.3) is 0 Å². The third-order valence-electron chi connectivity index (χ3n) is 5.48. The summed E-state index contributed by atoms with van der Waals surface area (Å²) < 4.78 is 21.9. The molecule has 7 nitrogen and oxygen atoms in total. The fraction of sp³-hybridized carbons (Fsp3) is 0.500. The predicted molar refractivity (Wildman–Crippen MR) is 116 cm³/mol. The Bertz CT molecular complexity index is 901. The molecule has 1 aromatic rings. The number of ketones is 1. The first-order chi connectivity index (χ1) is 15.0. The minimum absolute atomic E-state index is 0.0544. The lowest BCUT2D eigenvalue weighted by atomic mass is 9.75. The number of esters is 1. The Kier molecular flexibility index (Phi) is 7.74. The quantitative estimate of drug-likeness (QED) is 0.474. The van der Waals surface area contributed by atoms with Gasteiger partial charge in [0.25, 0.3) is 0 Å². The number of rotatable bonds is 9. The van der Waals surface area contributed by atoms with Crippen molar-refractivity contribution in [2.24, 2.45) is 0 Å². The molecule has 3 rings (SSSR count). The van der Waals surface area contributed by atoms with Crippen LogP contribution in [0.2, 0.25) is 0 Å². The highest BCUT2D eigenvalue weighted by Gasteiger charge is 2.39. The lowest BCUT2D eigenvalue weighted by Gasteiger charge is -2.34. The zero-order chi connectivity index (χ0) is 22.4. The maximum atomic E-state index is 13.1. The average molecular weight is 430 g/mol. The monoisotopic (exact) mass is 429 g/mol. The van der Waals surface area contributed by atoms with Crippen molar-refractivity contribution >= 4 is 11.8 Å². The average Bonchev–Trinajstić information content (AvgIpc) is 2.76. The third-order valence-corrected chi connectivity index (χ3v) is 5.48. The summed E-state index contributed by atoms with van der Waals surface area (Å²) in [5, 5.41) is 3.29. The number of ether oxygens (including phenoxy) is 4. The zero-order valence-corrected chi connectivity index (χ0v) is 18.7. The number of allylic oxidation sites excluding steroid dienone is 3. The largest absolute Gasteiger partial charge is 0.493 e. The first-order valence-electron chi connectivity index (χ1n) is 10.8. The highest BCUT2D eigenvalue weighted by atomic mass is 16.6. The van der Waals surface area contributed by atoms with Crippen molar-refractivity contribution in [3.63, 3.8) is 0 Å². The molecule has 1 aliphatic heterocycles. The Morgan fingerprint density at radius 2 is 1.94 bits per heavy atom. The molecule has 168 valence electrons. The molecular formula is C24H31NO6. The molecule has 1 heterocycles. The van der Waals surface area contributed by atoms with Gasteiger partial charge in [-0.1, -0.05) is 6.07 Å². The Balaban J connectivity index is 2.03. The number of Topliss-reactive ketones (excluding diaryl/α,β-unsaturated/α-hetero) is 1. The van der Waals surface area contributed by atoms with Crippen molar-refractivity contribution in [2.75, 3.05) is 33.5 Å². The van der Waals surface area contributed by atoms with Gasteiger partial charge in [-0.05, 0) is 51.3 Å². The van der Waals surface area contributed by atoms with Crippen LogP contribution in [0.1, 0.15) is 51.5 Å². The summed E-state index contributed by atoms with van der Waals surface area (Å²) in [6, 6.07) is 5.55. The lowest BCUT2D eigenvalue weighted by molar-refractivity contribution is -0.140. The molecule has 0 bridgehead atoms. The Hall–Kier alpha value is -2.80. The molecule has 2 aliphatic rings. The minimum atomic E-state index is -0.520. The zero-order valence-electron chi connectivity index (χ0n) is 18.7. The van der Waals surface area contributed by atoms with Crippen LogP contribution in [0.4, 0.5) is 0 Å². The number of nitrogens with one attached hydrogen (secondary N) is 1. The Morgan fingerprint density at radius 3 is 2.65 bits per heavy atom. The van der Waals surface area contributed by atoms with E-state index < -0.39 is 11.9 Å². The molecule has 0 amide bonds. The smallest absolute Gasteiger partial charge is 0.336 e. The molecule has 0 radical (unpaired) electrons. The van der Waals surface area contributed by atoms with Crippen LogP contribution in [0.15, 0.2) is 40.7 Å². The van der Waals surface area contributed by atoms with Crippen molar-refractivity contribution < 1.29 is 28.5 Å². The van der Waals surface area contributed by atoms with E-state index in [-0.39, 0.29) is 12.4 Å². The molecule has 1 N–H and O–H groups in total. The van der Waals surface area contributed by atoms with Gasteiger partial charge >= 0.3 is 5.97 Å². The fourth-order valence-electron chi connectivity index (χ4n) is 4.14. The molecule has 7 heteroatoms. The molecule has 1 aromatic carbocycles. The summed E-state index contributed by atoms with van der Waals surface area (Å²) in [7, 11) is 1.57. The maximum Gasteiger partial charge on any atom is 0.336 e. The Morgan fingerprint density at radius 1 is 1.13 bits per heavy atom. The SMILES string of the molecule is CCOCCOC(=O)C1=C(C)NC2=C(C(=O)CCC2)[C@H]1c1ccc(OCC)c(OC)c1. The number of carbonyl (C=O) groups excluding carboxylic acids is 2. The fourth-order valence-corrected chi connectivity index (χ4v) is 4.14. The normalized spacial score (nSPS) is 18.5. The highest BCUT2D eigenvalue weighted by Crippen LogP contribution is 2.44.